The maximum atomic E-state index is 13.4. The van der Waals surface area contributed by atoms with Crippen LogP contribution in [0.3, 0.4) is 0 Å². The molecule has 152 valence electrons. The second kappa shape index (κ2) is 7.82. The van der Waals surface area contributed by atoms with Gasteiger partial charge in [0.2, 0.25) is 0 Å². The number of hydrogen-bond donors (Lipinski definition) is 0. The number of methoxy groups -OCH3 is 1. The Labute approximate surface area is 176 Å². The first-order chi connectivity index (χ1) is 14.7. The maximum Gasteiger partial charge on any atom is 0.254 e. The minimum absolute atomic E-state index is 0.0438. The van der Waals surface area contributed by atoms with Crippen LogP contribution in [-0.4, -0.2) is 42.5 Å². The zero-order valence-corrected chi connectivity index (χ0v) is 17.0. The third-order valence-electron chi connectivity index (χ3n) is 6.38. The Bertz CT molecular complexity index is 1010. The molecule has 2 aliphatic heterocycles. The first-order valence-corrected chi connectivity index (χ1v) is 10.4. The van der Waals surface area contributed by atoms with E-state index in [0.29, 0.717) is 11.8 Å². The molecular weight excluding hydrogens is 374 g/mol. The van der Waals surface area contributed by atoms with Crippen LogP contribution in [0.15, 0.2) is 79.0 Å². The van der Waals surface area contributed by atoms with Crippen molar-refractivity contribution in [2.45, 2.75) is 6.04 Å². The van der Waals surface area contributed by atoms with Crippen molar-refractivity contribution in [3.8, 4) is 5.75 Å². The molecule has 1 aromatic heterocycles. The number of amides is 1. The van der Waals surface area contributed by atoms with Crippen molar-refractivity contribution in [1.82, 2.24) is 9.88 Å². The van der Waals surface area contributed by atoms with Crippen LogP contribution in [0.25, 0.3) is 0 Å². The van der Waals surface area contributed by atoms with Gasteiger partial charge in [-0.2, -0.15) is 0 Å². The van der Waals surface area contributed by atoms with Crippen molar-refractivity contribution >= 4 is 11.7 Å². The molecule has 0 bridgehead atoms. The third-order valence-corrected chi connectivity index (χ3v) is 6.38. The monoisotopic (exact) mass is 399 g/mol. The van der Waals surface area contributed by atoms with Crippen LogP contribution in [0, 0.1) is 11.8 Å². The van der Waals surface area contributed by atoms with E-state index in [1.54, 1.807) is 7.11 Å². The first kappa shape index (κ1) is 18.7. The summed E-state index contributed by atoms with van der Waals surface area (Å²) in [5, 5.41) is 0. The van der Waals surface area contributed by atoms with Gasteiger partial charge in [-0.1, -0.05) is 36.4 Å². The van der Waals surface area contributed by atoms with Crippen LogP contribution in [0.2, 0.25) is 0 Å². The van der Waals surface area contributed by atoms with Crippen molar-refractivity contribution in [2.75, 3.05) is 31.6 Å². The number of benzene rings is 2. The highest BCUT2D eigenvalue weighted by atomic mass is 16.5. The van der Waals surface area contributed by atoms with E-state index in [0.717, 1.165) is 42.3 Å². The molecule has 0 unspecified atom stereocenters. The summed E-state index contributed by atoms with van der Waals surface area (Å²) in [6.07, 6.45) is 1.84. The molecule has 0 saturated carbocycles. The van der Waals surface area contributed by atoms with E-state index in [2.05, 4.69) is 33.0 Å². The SMILES string of the molecule is COc1ccc([C@H]2[C@H]3CN(c4ccccn4)C[C@H]3CN2C(=O)c2ccccc2)cc1. The summed E-state index contributed by atoms with van der Waals surface area (Å²) < 4.78 is 5.34. The molecule has 0 radical (unpaired) electrons. The van der Waals surface area contributed by atoms with Gasteiger partial charge in [-0.05, 0) is 42.0 Å². The molecule has 0 N–H and O–H groups in total. The van der Waals surface area contributed by atoms with Crippen molar-refractivity contribution in [3.63, 3.8) is 0 Å². The number of fused-ring (bicyclic) bond motifs is 1. The number of ether oxygens (including phenoxy) is 1. The maximum absolute atomic E-state index is 13.4. The minimum Gasteiger partial charge on any atom is -0.497 e. The predicted molar refractivity (Wildman–Crippen MR) is 117 cm³/mol. The highest BCUT2D eigenvalue weighted by molar-refractivity contribution is 5.94. The van der Waals surface area contributed by atoms with Crippen LogP contribution in [-0.2, 0) is 0 Å². The van der Waals surface area contributed by atoms with Crippen LogP contribution in [0.1, 0.15) is 22.0 Å². The topological polar surface area (TPSA) is 45.7 Å². The van der Waals surface area contributed by atoms with E-state index in [-0.39, 0.29) is 11.9 Å². The molecule has 3 heterocycles. The predicted octanol–water partition coefficient (Wildman–Crippen LogP) is 4.04. The lowest BCUT2D eigenvalue weighted by molar-refractivity contribution is 0.0715. The Hall–Kier alpha value is -3.34. The van der Waals surface area contributed by atoms with E-state index >= 15 is 0 Å². The van der Waals surface area contributed by atoms with Gasteiger partial charge in [0.25, 0.3) is 5.91 Å². The van der Waals surface area contributed by atoms with E-state index in [9.17, 15) is 4.79 Å². The Morgan fingerprint density at radius 1 is 0.933 bits per heavy atom. The number of hydrogen-bond acceptors (Lipinski definition) is 4. The quantitative estimate of drug-likeness (QED) is 0.664. The fraction of sp³-hybridized carbons (Fsp3) is 0.280. The molecule has 1 amide bonds. The van der Waals surface area contributed by atoms with Gasteiger partial charge in [0.15, 0.2) is 0 Å². The van der Waals surface area contributed by atoms with Gasteiger partial charge in [-0.15, -0.1) is 0 Å². The molecule has 2 aliphatic rings. The van der Waals surface area contributed by atoms with Crippen LogP contribution in [0.5, 0.6) is 5.75 Å². The molecule has 5 nitrogen and oxygen atoms in total. The second-order valence-corrected chi connectivity index (χ2v) is 8.06. The molecule has 2 saturated heterocycles. The van der Waals surface area contributed by atoms with Gasteiger partial charge in [-0.25, -0.2) is 4.98 Å². The Kier molecular flexibility index (Phi) is 4.87. The fourth-order valence-corrected chi connectivity index (χ4v) is 4.96. The van der Waals surface area contributed by atoms with Gasteiger partial charge < -0.3 is 14.5 Å². The summed E-state index contributed by atoms with van der Waals surface area (Å²) in [6, 6.07) is 23.9. The van der Waals surface area contributed by atoms with Crippen molar-refractivity contribution in [2.24, 2.45) is 11.8 Å². The van der Waals surface area contributed by atoms with Gasteiger partial charge in [0.05, 0.1) is 13.2 Å². The molecule has 0 spiro atoms. The lowest BCUT2D eigenvalue weighted by atomic mass is 9.89. The van der Waals surface area contributed by atoms with E-state index in [4.69, 9.17) is 4.74 Å². The standard InChI is InChI=1S/C25H25N3O2/c1-30-21-12-10-18(11-13-21)24-22-17-27(23-9-5-6-14-26-23)15-20(22)16-28(24)25(29)19-7-3-2-4-8-19/h2-14,20,22,24H,15-17H2,1H3/t20-,22-,24-/m0/s1. The number of anilines is 1. The summed E-state index contributed by atoms with van der Waals surface area (Å²) >= 11 is 0. The number of carbonyl (C=O) groups is 1. The lowest BCUT2D eigenvalue weighted by Gasteiger charge is -2.30. The van der Waals surface area contributed by atoms with Crippen molar-refractivity contribution < 1.29 is 9.53 Å². The Morgan fingerprint density at radius 3 is 2.40 bits per heavy atom. The second-order valence-electron chi connectivity index (χ2n) is 8.06. The van der Waals surface area contributed by atoms with E-state index in [1.807, 2.05) is 60.8 Å². The van der Waals surface area contributed by atoms with Crippen molar-refractivity contribution in [3.05, 3.63) is 90.1 Å². The van der Waals surface area contributed by atoms with E-state index in [1.165, 1.54) is 0 Å². The minimum atomic E-state index is 0.0438. The number of rotatable bonds is 4. The normalized spacial score (nSPS) is 22.8. The molecule has 0 aliphatic carbocycles. The van der Waals surface area contributed by atoms with Gasteiger partial charge in [0.1, 0.15) is 11.6 Å². The summed E-state index contributed by atoms with van der Waals surface area (Å²) in [6.45, 7) is 2.59. The van der Waals surface area contributed by atoms with Crippen LogP contribution >= 0.6 is 0 Å². The molecule has 5 heteroatoms. The molecule has 3 aromatic rings. The van der Waals surface area contributed by atoms with Gasteiger partial charge >= 0.3 is 0 Å². The highest BCUT2D eigenvalue weighted by Crippen LogP contribution is 2.46. The summed E-state index contributed by atoms with van der Waals surface area (Å²) in [7, 11) is 1.67. The Morgan fingerprint density at radius 2 is 1.70 bits per heavy atom. The van der Waals surface area contributed by atoms with Crippen LogP contribution in [0.4, 0.5) is 5.82 Å². The van der Waals surface area contributed by atoms with Gasteiger partial charge in [0, 0.05) is 43.2 Å². The van der Waals surface area contributed by atoms with Gasteiger partial charge in [-0.3, -0.25) is 4.79 Å². The molecule has 30 heavy (non-hydrogen) atoms. The molecule has 5 rings (SSSR count). The number of likely N-dealkylation sites (tertiary alicyclic amines) is 1. The molecule has 2 aromatic carbocycles. The van der Waals surface area contributed by atoms with Crippen LogP contribution < -0.4 is 9.64 Å². The summed E-state index contributed by atoms with van der Waals surface area (Å²) in [5.41, 5.74) is 1.91. The molecular formula is C25H25N3O2. The zero-order chi connectivity index (χ0) is 20.5. The summed E-state index contributed by atoms with van der Waals surface area (Å²) in [4.78, 5) is 22.4. The lowest BCUT2D eigenvalue weighted by Crippen LogP contribution is -2.35. The number of nitrogens with zero attached hydrogens (tertiary/aromatic N) is 3. The zero-order valence-electron chi connectivity index (χ0n) is 17.0. The number of pyridine rings is 1. The van der Waals surface area contributed by atoms with Crippen molar-refractivity contribution in [1.29, 1.82) is 0 Å². The average Bonchev–Trinajstić information content (AvgIpc) is 3.38. The summed E-state index contributed by atoms with van der Waals surface area (Å²) in [5.74, 6) is 2.74. The third kappa shape index (κ3) is 3.30. The largest absolute Gasteiger partial charge is 0.497 e. The molecule has 3 atom stereocenters. The van der Waals surface area contributed by atoms with E-state index < -0.39 is 0 Å². The number of aromatic nitrogens is 1. The highest BCUT2D eigenvalue weighted by Gasteiger charge is 2.49. The fourth-order valence-electron chi connectivity index (χ4n) is 4.96. The number of carbonyl (C=O) groups excluding carboxylic acids is 1. The smallest absolute Gasteiger partial charge is 0.254 e. The molecule has 2 fully saturated rings. The Balaban J connectivity index is 1.47. The first-order valence-electron chi connectivity index (χ1n) is 10.4. The average molecular weight is 399 g/mol.